The van der Waals surface area contributed by atoms with Crippen LogP contribution in [0.15, 0.2) is 60.8 Å². The van der Waals surface area contributed by atoms with Crippen LogP contribution in [0.1, 0.15) is 40.8 Å². The summed E-state index contributed by atoms with van der Waals surface area (Å²) in [5, 5.41) is 1.41. The van der Waals surface area contributed by atoms with Gasteiger partial charge < -0.3 is 0 Å². The maximum Gasteiger partial charge on any atom is 0.194 e. The average Bonchev–Trinajstić information content (AvgIpc) is 2.75. The molecule has 2 heteroatoms. The lowest BCUT2D eigenvalue weighted by molar-refractivity contribution is 0.104. The van der Waals surface area contributed by atoms with E-state index in [9.17, 15) is 4.79 Å². The number of fused-ring (bicyclic) bond motifs is 2. The van der Waals surface area contributed by atoms with Crippen LogP contribution in [0.2, 0.25) is 0 Å². The SMILES string of the molecule is [2H]C([2H])([2H])c1cc(C)cc(-c2ncc3c4c(cccc24)C(=O)c2ccc(C([2H])([2H])[2H])cc2-3)c1. The Balaban J connectivity index is 1.81. The molecule has 0 fully saturated rings. The zero-order valence-corrected chi connectivity index (χ0v) is 14.6. The number of benzene rings is 3. The molecule has 0 aliphatic heterocycles. The summed E-state index contributed by atoms with van der Waals surface area (Å²) < 4.78 is 46.7. The summed E-state index contributed by atoms with van der Waals surface area (Å²) in [7, 11) is 0. The summed E-state index contributed by atoms with van der Waals surface area (Å²) in [5.74, 6) is -0.176. The molecule has 130 valence electrons. The van der Waals surface area contributed by atoms with E-state index in [1.54, 1.807) is 42.6 Å². The molecular weight excluding hydrogens is 330 g/mol. The maximum absolute atomic E-state index is 13.3. The molecule has 0 saturated heterocycles. The van der Waals surface area contributed by atoms with Crippen LogP contribution in [0.4, 0.5) is 0 Å². The van der Waals surface area contributed by atoms with Crippen LogP contribution in [0.5, 0.6) is 0 Å². The van der Waals surface area contributed by atoms with Crippen molar-refractivity contribution in [3.63, 3.8) is 0 Å². The summed E-state index contributed by atoms with van der Waals surface area (Å²) in [4.78, 5) is 18.0. The van der Waals surface area contributed by atoms with Crippen molar-refractivity contribution in [1.82, 2.24) is 4.98 Å². The van der Waals surface area contributed by atoms with E-state index >= 15 is 0 Å². The fourth-order valence-electron chi connectivity index (χ4n) is 3.96. The van der Waals surface area contributed by atoms with Crippen LogP contribution in [-0.4, -0.2) is 10.8 Å². The average molecular weight is 355 g/mol. The van der Waals surface area contributed by atoms with E-state index in [-0.39, 0.29) is 16.9 Å². The van der Waals surface area contributed by atoms with Crippen molar-refractivity contribution in [3.05, 3.63) is 88.6 Å². The number of ketones is 1. The molecule has 0 atom stereocenters. The highest BCUT2D eigenvalue weighted by Gasteiger charge is 2.26. The van der Waals surface area contributed by atoms with Gasteiger partial charge in [-0.2, -0.15) is 0 Å². The molecule has 0 N–H and O–H groups in total. The molecule has 0 saturated carbocycles. The highest BCUT2D eigenvalue weighted by molar-refractivity contribution is 6.26. The molecule has 4 aromatic rings. The Kier molecular flexibility index (Phi) is 2.24. The number of aromatic nitrogens is 1. The lowest BCUT2D eigenvalue weighted by Crippen LogP contribution is -2.10. The number of carbonyl (C=O) groups is 1. The topological polar surface area (TPSA) is 30.0 Å². The van der Waals surface area contributed by atoms with Gasteiger partial charge in [-0.3, -0.25) is 9.78 Å². The fourth-order valence-corrected chi connectivity index (χ4v) is 3.96. The van der Waals surface area contributed by atoms with Gasteiger partial charge in [0.15, 0.2) is 5.78 Å². The third-order valence-electron chi connectivity index (χ3n) is 5.06. The summed E-state index contributed by atoms with van der Waals surface area (Å²) in [6.45, 7) is -2.72. The Morgan fingerprint density at radius 1 is 0.815 bits per heavy atom. The highest BCUT2D eigenvalue weighted by Crippen LogP contribution is 2.42. The van der Waals surface area contributed by atoms with Gasteiger partial charge in [0.1, 0.15) is 0 Å². The second kappa shape index (κ2) is 5.62. The van der Waals surface area contributed by atoms with E-state index in [4.69, 9.17) is 8.22 Å². The molecular formula is C25H19NO. The molecule has 3 aromatic carbocycles. The summed E-state index contributed by atoms with van der Waals surface area (Å²) in [6.07, 6.45) is 1.65. The molecule has 5 rings (SSSR count). The van der Waals surface area contributed by atoms with Crippen molar-refractivity contribution in [2.24, 2.45) is 0 Å². The molecule has 1 aromatic heterocycles. The molecule has 2 nitrogen and oxygen atoms in total. The molecule has 1 heterocycles. The van der Waals surface area contributed by atoms with Crippen molar-refractivity contribution in [3.8, 4) is 22.4 Å². The summed E-state index contributed by atoms with van der Waals surface area (Å²) >= 11 is 0. The second-order valence-electron chi connectivity index (χ2n) is 6.93. The standard InChI is InChI=1S/C25H19NO/c1-14-7-8-18-21(12-14)22-13-26-24(17-10-15(2)9-16(3)11-17)19-5-4-6-20(23(19)22)25(18)27/h4-13H,1-3H3/i1D3,2D3. The lowest BCUT2D eigenvalue weighted by Gasteiger charge is -2.21. The van der Waals surface area contributed by atoms with E-state index in [2.05, 4.69) is 4.98 Å². The predicted molar refractivity (Wildman–Crippen MR) is 110 cm³/mol. The lowest BCUT2D eigenvalue weighted by atomic mass is 9.82. The van der Waals surface area contributed by atoms with Crippen molar-refractivity contribution >= 4 is 16.6 Å². The smallest absolute Gasteiger partial charge is 0.194 e. The number of nitrogens with zero attached hydrogens (tertiary/aromatic N) is 1. The van der Waals surface area contributed by atoms with Crippen molar-refractivity contribution in [2.75, 3.05) is 0 Å². The van der Waals surface area contributed by atoms with Gasteiger partial charge in [-0.15, -0.1) is 0 Å². The van der Waals surface area contributed by atoms with E-state index < -0.39 is 13.7 Å². The second-order valence-corrected chi connectivity index (χ2v) is 6.93. The fraction of sp³-hybridized carbons (Fsp3) is 0.120. The zero-order valence-electron chi connectivity index (χ0n) is 20.6. The molecule has 1 aliphatic rings. The van der Waals surface area contributed by atoms with E-state index in [0.717, 1.165) is 5.56 Å². The van der Waals surface area contributed by atoms with E-state index in [1.165, 1.54) is 6.07 Å². The minimum absolute atomic E-state index is 0.159. The van der Waals surface area contributed by atoms with Gasteiger partial charge in [0.25, 0.3) is 0 Å². The predicted octanol–water partition coefficient (Wildman–Crippen LogP) is 6.04. The van der Waals surface area contributed by atoms with Crippen molar-refractivity contribution < 1.29 is 13.0 Å². The molecule has 0 amide bonds. The number of aryl methyl sites for hydroxylation is 3. The third-order valence-corrected chi connectivity index (χ3v) is 5.06. The van der Waals surface area contributed by atoms with Crippen LogP contribution in [0.25, 0.3) is 33.2 Å². The number of carbonyl (C=O) groups excluding carboxylic acids is 1. The number of rotatable bonds is 1. The Morgan fingerprint density at radius 2 is 1.67 bits per heavy atom. The van der Waals surface area contributed by atoms with Gasteiger partial charge >= 0.3 is 0 Å². The largest absolute Gasteiger partial charge is 0.289 e. The molecule has 27 heavy (non-hydrogen) atoms. The molecule has 0 unspecified atom stereocenters. The zero-order chi connectivity index (χ0) is 23.7. The van der Waals surface area contributed by atoms with Gasteiger partial charge in [-0.25, -0.2) is 0 Å². The Labute approximate surface area is 166 Å². The number of hydrogen-bond donors (Lipinski definition) is 0. The summed E-state index contributed by atoms with van der Waals surface area (Å²) in [5.41, 5.74) is 4.60. The molecule has 1 aliphatic carbocycles. The molecule has 0 radical (unpaired) electrons. The van der Waals surface area contributed by atoms with Gasteiger partial charge in [0, 0.05) is 47.4 Å². The van der Waals surface area contributed by atoms with E-state index in [1.807, 2.05) is 19.1 Å². The molecule has 0 bridgehead atoms. The quantitative estimate of drug-likeness (QED) is 0.367. The van der Waals surface area contributed by atoms with Crippen LogP contribution >= 0.6 is 0 Å². The van der Waals surface area contributed by atoms with Crippen LogP contribution in [0, 0.1) is 20.6 Å². The first-order chi connectivity index (χ1) is 15.4. The highest BCUT2D eigenvalue weighted by atomic mass is 16.1. The van der Waals surface area contributed by atoms with E-state index in [0.29, 0.717) is 44.3 Å². The number of hydrogen-bond acceptors (Lipinski definition) is 2. The maximum atomic E-state index is 13.3. The van der Waals surface area contributed by atoms with Gasteiger partial charge in [0.05, 0.1) is 5.69 Å². The molecule has 0 spiro atoms. The van der Waals surface area contributed by atoms with Gasteiger partial charge in [-0.05, 0) is 38.3 Å². The van der Waals surface area contributed by atoms with Crippen LogP contribution in [0.3, 0.4) is 0 Å². The van der Waals surface area contributed by atoms with Gasteiger partial charge in [-0.1, -0.05) is 59.2 Å². The summed E-state index contributed by atoms with van der Waals surface area (Å²) in [6, 6.07) is 15.1. The van der Waals surface area contributed by atoms with Crippen LogP contribution < -0.4 is 0 Å². The monoisotopic (exact) mass is 355 g/mol. The Morgan fingerprint density at radius 3 is 2.52 bits per heavy atom. The Hall–Kier alpha value is -3.26. The van der Waals surface area contributed by atoms with Gasteiger partial charge in [0.2, 0.25) is 0 Å². The first-order valence-corrected chi connectivity index (χ1v) is 8.69. The third kappa shape index (κ3) is 2.33. The minimum atomic E-state index is -2.30. The number of pyridine rings is 1. The first kappa shape index (κ1) is 10.8. The van der Waals surface area contributed by atoms with Crippen molar-refractivity contribution in [1.29, 1.82) is 0 Å². The Bertz CT molecular complexity index is 1470. The normalized spacial score (nSPS) is 16.6. The minimum Gasteiger partial charge on any atom is -0.289 e. The van der Waals surface area contributed by atoms with Crippen molar-refractivity contribution in [2.45, 2.75) is 20.6 Å². The first-order valence-electron chi connectivity index (χ1n) is 11.7. The van der Waals surface area contributed by atoms with Crippen LogP contribution in [-0.2, 0) is 0 Å².